The first kappa shape index (κ1) is 20.1. The van der Waals surface area contributed by atoms with Crippen LogP contribution in [0.25, 0.3) is 0 Å². The minimum Gasteiger partial charge on any atom is -0.365 e. The van der Waals surface area contributed by atoms with Crippen LogP contribution in [0.3, 0.4) is 0 Å². The van der Waals surface area contributed by atoms with Crippen molar-refractivity contribution in [2.24, 2.45) is 11.7 Å². The number of benzene rings is 1. The summed E-state index contributed by atoms with van der Waals surface area (Å²) in [5.41, 5.74) is 5.62. The summed E-state index contributed by atoms with van der Waals surface area (Å²) in [4.78, 5) is 32.1. The van der Waals surface area contributed by atoms with Gasteiger partial charge < -0.3 is 11.1 Å². The van der Waals surface area contributed by atoms with E-state index in [1.807, 2.05) is 13.8 Å². The summed E-state index contributed by atoms with van der Waals surface area (Å²) in [6.45, 7) is 3.76. The molecule has 26 heavy (non-hydrogen) atoms. The van der Waals surface area contributed by atoms with Gasteiger partial charge in [0, 0.05) is 12.1 Å². The molecule has 0 bridgehead atoms. The van der Waals surface area contributed by atoms with E-state index in [-0.39, 0.29) is 40.2 Å². The second-order valence-corrected chi connectivity index (χ2v) is 7.06. The molecule has 0 aliphatic carbocycles. The van der Waals surface area contributed by atoms with Gasteiger partial charge in [0.15, 0.2) is 10.9 Å². The fourth-order valence-corrected chi connectivity index (χ4v) is 2.93. The predicted molar refractivity (Wildman–Crippen MR) is 101 cm³/mol. The summed E-state index contributed by atoms with van der Waals surface area (Å²) in [6.07, 6.45) is 1.98. The first-order chi connectivity index (χ1) is 12.2. The van der Waals surface area contributed by atoms with Crippen LogP contribution in [-0.4, -0.2) is 27.9 Å². The number of aromatic nitrogens is 2. The topological polar surface area (TPSA) is 98.0 Å². The Morgan fingerprint density at radius 1 is 1.35 bits per heavy atom. The highest BCUT2D eigenvalue weighted by molar-refractivity contribution is 7.98. The summed E-state index contributed by atoms with van der Waals surface area (Å²) in [5.74, 6) is -1.52. The number of carbonyl (C=O) groups is 2. The maximum Gasteiger partial charge on any atom is 0.255 e. The van der Waals surface area contributed by atoms with Crippen molar-refractivity contribution in [1.82, 2.24) is 9.97 Å². The Morgan fingerprint density at radius 2 is 2.04 bits per heavy atom. The van der Waals surface area contributed by atoms with Gasteiger partial charge in [0.2, 0.25) is 0 Å². The van der Waals surface area contributed by atoms with Gasteiger partial charge in [0.25, 0.3) is 5.91 Å². The molecule has 138 valence electrons. The van der Waals surface area contributed by atoms with Crippen LogP contribution in [0.5, 0.6) is 0 Å². The lowest BCUT2D eigenvalue weighted by Crippen LogP contribution is -2.16. The van der Waals surface area contributed by atoms with Crippen LogP contribution in [0.1, 0.15) is 41.0 Å². The van der Waals surface area contributed by atoms with Crippen LogP contribution < -0.4 is 11.1 Å². The molecule has 0 fully saturated rings. The van der Waals surface area contributed by atoms with Gasteiger partial charge in [0.1, 0.15) is 22.4 Å². The summed E-state index contributed by atoms with van der Waals surface area (Å²) in [7, 11) is 0. The molecule has 1 aromatic carbocycles. The van der Waals surface area contributed by atoms with Gasteiger partial charge >= 0.3 is 0 Å². The number of halogens is 2. The number of nitrogens with two attached hydrogens (primary N) is 1. The van der Waals surface area contributed by atoms with Gasteiger partial charge in [-0.25, -0.2) is 14.4 Å². The van der Waals surface area contributed by atoms with Crippen LogP contribution in [0, 0.1) is 11.7 Å². The zero-order valence-electron chi connectivity index (χ0n) is 14.5. The lowest BCUT2D eigenvalue weighted by Gasteiger charge is -2.13. The van der Waals surface area contributed by atoms with Gasteiger partial charge in [-0.3, -0.25) is 9.59 Å². The molecule has 0 saturated heterocycles. The number of anilines is 2. The number of amides is 1. The zero-order valence-corrected chi connectivity index (χ0v) is 16.0. The standard InChI is InChI=1S/C17H18ClFN4O2S/c1-8(2)6-12(24)10-7-9(4-5-11(10)19)21-16-13(15(20)25)14(18)22-17(23-16)26-3/h4-5,7-8H,6H2,1-3H3,(H2,20,25)(H,21,22,23). The Labute approximate surface area is 159 Å². The quantitative estimate of drug-likeness (QED) is 0.317. The van der Waals surface area contributed by atoms with Crippen molar-refractivity contribution in [3.05, 3.63) is 40.3 Å². The second kappa shape index (κ2) is 8.46. The number of rotatable bonds is 7. The third kappa shape index (κ3) is 4.70. The number of nitrogens with one attached hydrogen (secondary N) is 1. The van der Waals surface area contributed by atoms with E-state index in [1.165, 1.54) is 30.0 Å². The zero-order chi connectivity index (χ0) is 19.4. The van der Waals surface area contributed by atoms with E-state index in [4.69, 9.17) is 17.3 Å². The van der Waals surface area contributed by atoms with Crippen molar-refractivity contribution in [2.75, 3.05) is 11.6 Å². The average Bonchev–Trinajstić information content (AvgIpc) is 2.54. The Morgan fingerprint density at radius 3 is 2.62 bits per heavy atom. The van der Waals surface area contributed by atoms with Gasteiger partial charge in [-0.05, 0) is 30.4 Å². The second-order valence-electron chi connectivity index (χ2n) is 5.93. The van der Waals surface area contributed by atoms with Crippen molar-refractivity contribution in [1.29, 1.82) is 0 Å². The third-order valence-electron chi connectivity index (χ3n) is 3.40. The minimum absolute atomic E-state index is 0.0328. The average molecular weight is 397 g/mol. The molecular formula is C17H18ClFN4O2S. The summed E-state index contributed by atoms with van der Waals surface area (Å²) >= 11 is 7.25. The van der Waals surface area contributed by atoms with E-state index in [0.29, 0.717) is 10.8 Å². The molecule has 2 rings (SSSR count). The van der Waals surface area contributed by atoms with Crippen LogP contribution in [0.2, 0.25) is 5.15 Å². The fraction of sp³-hybridized carbons (Fsp3) is 0.294. The maximum absolute atomic E-state index is 14.0. The fourth-order valence-electron chi connectivity index (χ4n) is 2.25. The highest BCUT2D eigenvalue weighted by Crippen LogP contribution is 2.28. The lowest BCUT2D eigenvalue weighted by atomic mass is 10.0. The first-order valence-electron chi connectivity index (χ1n) is 7.74. The molecule has 1 aromatic heterocycles. The molecule has 6 nitrogen and oxygen atoms in total. The van der Waals surface area contributed by atoms with Crippen LogP contribution >= 0.6 is 23.4 Å². The number of primary amides is 1. The Kier molecular flexibility index (Phi) is 6.55. The number of hydrogen-bond donors (Lipinski definition) is 2. The molecule has 0 unspecified atom stereocenters. The molecule has 0 aliphatic rings. The van der Waals surface area contributed by atoms with Crippen LogP contribution in [0.15, 0.2) is 23.4 Å². The molecule has 2 aromatic rings. The highest BCUT2D eigenvalue weighted by Gasteiger charge is 2.19. The van der Waals surface area contributed by atoms with Gasteiger partial charge in [-0.1, -0.05) is 37.2 Å². The number of carbonyl (C=O) groups excluding carboxylic acids is 2. The summed E-state index contributed by atoms with van der Waals surface area (Å²) in [6, 6.07) is 3.98. The lowest BCUT2D eigenvalue weighted by molar-refractivity contribution is 0.0962. The number of nitrogens with zero attached hydrogens (tertiary/aromatic N) is 2. The van der Waals surface area contributed by atoms with E-state index >= 15 is 0 Å². The summed E-state index contributed by atoms with van der Waals surface area (Å²) in [5, 5.41) is 3.13. The smallest absolute Gasteiger partial charge is 0.255 e. The van der Waals surface area contributed by atoms with Crippen molar-refractivity contribution < 1.29 is 14.0 Å². The number of Topliss-reactive ketones (excluding diaryl/α,β-unsaturated/α-hetero) is 1. The number of thioether (sulfide) groups is 1. The molecule has 1 amide bonds. The van der Waals surface area contributed by atoms with Crippen molar-refractivity contribution in [2.45, 2.75) is 25.4 Å². The highest BCUT2D eigenvalue weighted by atomic mass is 35.5. The molecule has 0 atom stereocenters. The Hall–Kier alpha value is -2.19. The number of ketones is 1. The van der Waals surface area contributed by atoms with E-state index < -0.39 is 11.7 Å². The van der Waals surface area contributed by atoms with Gasteiger partial charge in [-0.2, -0.15) is 0 Å². The van der Waals surface area contributed by atoms with Crippen LogP contribution in [0.4, 0.5) is 15.9 Å². The predicted octanol–water partition coefficient (Wildman–Crippen LogP) is 4.06. The van der Waals surface area contributed by atoms with E-state index in [2.05, 4.69) is 15.3 Å². The normalized spacial score (nSPS) is 10.8. The molecule has 9 heteroatoms. The molecular weight excluding hydrogens is 379 g/mol. The van der Waals surface area contributed by atoms with E-state index in [1.54, 1.807) is 6.26 Å². The summed E-state index contributed by atoms with van der Waals surface area (Å²) < 4.78 is 14.0. The molecule has 0 saturated carbocycles. The minimum atomic E-state index is -0.802. The molecule has 3 N–H and O–H groups in total. The number of hydrogen-bond acceptors (Lipinski definition) is 6. The van der Waals surface area contributed by atoms with E-state index in [9.17, 15) is 14.0 Å². The van der Waals surface area contributed by atoms with Crippen molar-refractivity contribution >= 4 is 46.6 Å². The third-order valence-corrected chi connectivity index (χ3v) is 4.22. The first-order valence-corrected chi connectivity index (χ1v) is 9.34. The Bertz CT molecular complexity index is 861. The largest absolute Gasteiger partial charge is 0.365 e. The van der Waals surface area contributed by atoms with Crippen molar-refractivity contribution in [3.8, 4) is 0 Å². The molecule has 0 radical (unpaired) electrons. The monoisotopic (exact) mass is 396 g/mol. The SMILES string of the molecule is CSc1nc(Cl)c(C(N)=O)c(Nc2ccc(F)c(C(=O)CC(C)C)c2)n1. The van der Waals surface area contributed by atoms with E-state index in [0.717, 1.165) is 0 Å². The Balaban J connectivity index is 2.44. The van der Waals surface area contributed by atoms with Gasteiger partial charge in [0.05, 0.1) is 5.56 Å². The van der Waals surface area contributed by atoms with Crippen molar-refractivity contribution in [3.63, 3.8) is 0 Å². The molecule has 0 spiro atoms. The molecule has 0 aliphatic heterocycles. The van der Waals surface area contributed by atoms with Crippen LogP contribution in [-0.2, 0) is 0 Å². The molecule has 1 heterocycles. The maximum atomic E-state index is 14.0. The van der Waals surface area contributed by atoms with Gasteiger partial charge in [-0.15, -0.1) is 0 Å².